The van der Waals surface area contributed by atoms with Gasteiger partial charge in [-0.3, -0.25) is 4.79 Å². The van der Waals surface area contributed by atoms with Crippen molar-refractivity contribution in [3.63, 3.8) is 0 Å². The molecule has 1 N–H and O–H groups in total. The normalized spacial score (nSPS) is 17.4. The number of rotatable bonds is 4. The van der Waals surface area contributed by atoms with Gasteiger partial charge < -0.3 is 14.4 Å². The second-order valence-electron chi connectivity index (χ2n) is 6.93. The third kappa shape index (κ3) is 3.84. The highest BCUT2D eigenvalue weighted by atomic mass is 35.5. The van der Waals surface area contributed by atoms with Crippen molar-refractivity contribution in [1.29, 1.82) is 0 Å². The number of benzene rings is 2. The first-order valence-corrected chi connectivity index (χ1v) is 9.57. The number of aliphatic hydroxyl groups excluding tert-OH is 1. The van der Waals surface area contributed by atoms with Gasteiger partial charge in [0.25, 0.3) is 5.91 Å². The Balaban J connectivity index is 1.58. The number of hydrogen-bond acceptors (Lipinski definition) is 4. The van der Waals surface area contributed by atoms with Crippen LogP contribution in [0, 0.1) is 0 Å². The van der Waals surface area contributed by atoms with Crippen molar-refractivity contribution >= 4 is 28.6 Å². The first kappa shape index (κ1) is 18.0. The van der Waals surface area contributed by atoms with Crippen LogP contribution >= 0.6 is 11.6 Å². The van der Waals surface area contributed by atoms with Crippen LogP contribution in [-0.4, -0.2) is 40.1 Å². The molecule has 1 amide bonds. The van der Waals surface area contributed by atoms with E-state index in [1.807, 2.05) is 30.3 Å². The smallest absolute Gasteiger partial charge is 0.254 e. The number of amides is 1. The molecule has 0 bridgehead atoms. The first-order chi connectivity index (χ1) is 13.1. The largest absolute Gasteiger partial charge is 0.440 e. The molecule has 0 radical (unpaired) electrons. The summed E-state index contributed by atoms with van der Waals surface area (Å²) in [5, 5.41) is 10.2. The maximum atomic E-state index is 12.9. The summed E-state index contributed by atoms with van der Waals surface area (Å²) in [4.78, 5) is 19.2. The average molecular weight is 385 g/mol. The third-order valence-electron chi connectivity index (χ3n) is 5.02. The van der Waals surface area contributed by atoms with Gasteiger partial charge in [-0.1, -0.05) is 23.7 Å². The molecule has 2 heterocycles. The minimum atomic E-state index is -0.102. The number of halogens is 1. The van der Waals surface area contributed by atoms with E-state index in [0.717, 1.165) is 30.3 Å². The van der Waals surface area contributed by atoms with E-state index in [1.165, 1.54) is 0 Å². The molecule has 6 heteroatoms. The molecule has 1 aliphatic heterocycles. The van der Waals surface area contributed by atoms with E-state index >= 15 is 0 Å². The lowest BCUT2D eigenvalue weighted by Crippen LogP contribution is -2.45. The average Bonchev–Trinajstić information content (AvgIpc) is 3.08. The van der Waals surface area contributed by atoms with Gasteiger partial charge in [0.2, 0.25) is 0 Å². The van der Waals surface area contributed by atoms with E-state index in [4.69, 9.17) is 16.0 Å². The van der Waals surface area contributed by atoms with E-state index in [9.17, 15) is 9.90 Å². The van der Waals surface area contributed by atoms with Gasteiger partial charge in [0.1, 0.15) is 5.52 Å². The molecule has 0 aliphatic carbocycles. The summed E-state index contributed by atoms with van der Waals surface area (Å²) in [6.07, 6.45) is 3.40. The number of aliphatic hydroxyl groups is 1. The van der Waals surface area contributed by atoms with E-state index in [1.54, 1.807) is 17.0 Å². The Kier molecular flexibility index (Phi) is 5.14. The van der Waals surface area contributed by atoms with Crippen LogP contribution < -0.4 is 0 Å². The molecular weight excluding hydrogens is 364 g/mol. The van der Waals surface area contributed by atoms with Crippen LogP contribution in [0.5, 0.6) is 0 Å². The number of oxazole rings is 1. The fraction of sp³-hybridized carbons (Fsp3) is 0.333. The molecule has 0 spiro atoms. The Morgan fingerprint density at radius 1 is 1.26 bits per heavy atom. The summed E-state index contributed by atoms with van der Waals surface area (Å²) < 4.78 is 5.87. The molecule has 1 aromatic heterocycles. The molecule has 5 nitrogen and oxygen atoms in total. The van der Waals surface area contributed by atoms with E-state index in [0.29, 0.717) is 35.0 Å². The fourth-order valence-electron chi connectivity index (χ4n) is 3.63. The van der Waals surface area contributed by atoms with Gasteiger partial charge in [-0.15, -0.1) is 0 Å². The Morgan fingerprint density at radius 3 is 2.96 bits per heavy atom. The van der Waals surface area contributed by atoms with Crippen LogP contribution in [0.2, 0.25) is 5.02 Å². The standard InChI is InChI=1S/C21H21ClN2O3/c22-16-5-3-4-14(10-16)11-20-23-18-8-7-15(12-19(18)27-20)21(26)24-9-2-1-6-17(24)13-25/h3-5,7-8,10,12,17,25H,1-2,6,9,11,13H2/t17-/m1/s1. The fourth-order valence-corrected chi connectivity index (χ4v) is 3.84. The highest BCUT2D eigenvalue weighted by Gasteiger charge is 2.27. The zero-order valence-corrected chi connectivity index (χ0v) is 15.7. The zero-order chi connectivity index (χ0) is 18.8. The lowest BCUT2D eigenvalue weighted by atomic mass is 10.0. The second-order valence-corrected chi connectivity index (χ2v) is 7.36. The van der Waals surface area contributed by atoms with Crippen molar-refractivity contribution in [1.82, 2.24) is 9.88 Å². The number of carbonyl (C=O) groups is 1. The summed E-state index contributed by atoms with van der Waals surface area (Å²) in [6.45, 7) is 0.679. The topological polar surface area (TPSA) is 66.6 Å². The van der Waals surface area contributed by atoms with E-state index in [2.05, 4.69) is 4.98 Å². The van der Waals surface area contributed by atoms with Crippen LogP contribution in [0.4, 0.5) is 0 Å². The second kappa shape index (κ2) is 7.71. The van der Waals surface area contributed by atoms with Gasteiger partial charge >= 0.3 is 0 Å². The number of aromatic nitrogens is 1. The summed E-state index contributed by atoms with van der Waals surface area (Å²) in [5.41, 5.74) is 2.90. The number of hydrogen-bond donors (Lipinski definition) is 1. The van der Waals surface area contributed by atoms with Gasteiger partial charge in [-0.05, 0) is 55.2 Å². The van der Waals surface area contributed by atoms with Gasteiger partial charge in [-0.2, -0.15) is 0 Å². The highest BCUT2D eigenvalue weighted by Crippen LogP contribution is 2.24. The molecule has 3 aromatic rings. The van der Waals surface area contributed by atoms with Crippen molar-refractivity contribution in [2.24, 2.45) is 0 Å². The van der Waals surface area contributed by atoms with Gasteiger partial charge in [0.15, 0.2) is 11.5 Å². The quantitative estimate of drug-likeness (QED) is 0.736. The molecular formula is C21H21ClN2O3. The highest BCUT2D eigenvalue weighted by molar-refractivity contribution is 6.30. The molecule has 1 aliphatic rings. The molecule has 4 rings (SSSR count). The summed E-state index contributed by atoms with van der Waals surface area (Å²) >= 11 is 6.03. The number of nitrogens with zero attached hydrogens (tertiary/aromatic N) is 2. The molecule has 2 aromatic carbocycles. The van der Waals surface area contributed by atoms with Crippen LogP contribution in [0.25, 0.3) is 11.1 Å². The monoisotopic (exact) mass is 384 g/mol. The van der Waals surface area contributed by atoms with Crippen LogP contribution in [0.1, 0.15) is 41.1 Å². The Morgan fingerprint density at radius 2 is 2.15 bits per heavy atom. The summed E-state index contributed by atoms with van der Waals surface area (Å²) in [5.74, 6) is 0.520. The minimum Gasteiger partial charge on any atom is -0.440 e. The maximum absolute atomic E-state index is 12.9. The zero-order valence-electron chi connectivity index (χ0n) is 14.9. The number of carbonyl (C=O) groups excluding carboxylic acids is 1. The SMILES string of the molecule is O=C(c1ccc2nc(Cc3cccc(Cl)c3)oc2c1)N1CCCC[C@@H]1CO. The van der Waals surface area contributed by atoms with Gasteiger partial charge in [0.05, 0.1) is 12.6 Å². The van der Waals surface area contributed by atoms with Gasteiger partial charge in [-0.25, -0.2) is 4.98 Å². The molecule has 0 saturated carbocycles. The van der Waals surface area contributed by atoms with Crippen LogP contribution in [-0.2, 0) is 6.42 Å². The predicted octanol–water partition coefficient (Wildman–Crippen LogP) is 4.06. The summed E-state index contributed by atoms with van der Waals surface area (Å²) in [6, 6.07) is 12.8. The molecule has 140 valence electrons. The minimum absolute atomic E-state index is 0.0000746. The third-order valence-corrected chi connectivity index (χ3v) is 5.26. The van der Waals surface area contributed by atoms with Crippen LogP contribution in [0.15, 0.2) is 46.9 Å². The molecule has 1 fully saturated rings. The predicted molar refractivity (Wildman–Crippen MR) is 104 cm³/mol. The Hall–Kier alpha value is -2.37. The number of fused-ring (bicyclic) bond motifs is 1. The Bertz CT molecular complexity index is 969. The number of likely N-dealkylation sites (tertiary alicyclic amines) is 1. The van der Waals surface area contributed by atoms with Crippen molar-refractivity contribution in [2.75, 3.05) is 13.2 Å². The van der Waals surface area contributed by atoms with Crippen molar-refractivity contribution in [3.8, 4) is 0 Å². The van der Waals surface area contributed by atoms with Gasteiger partial charge in [0, 0.05) is 23.6 Å². The maximum Gasteiger partial charge on any atom is 0.254 e. The summed E-state index contributed by atoms with van der Waals surface area (Å²) in [7, 11) is 0. The first-order valence-electron chi connectivity index (χ1n) is 9.20. The number of piperidine rings is 1. The Labute approximate surface area is 162 Å². The molecule has 1 atom stereocenters. The van der Waals surface area contributed by atoms with Crippen molar-refractivity contribution in [2.45, 2.75) is 31.7 Å². The lowest BCUT2D eigenvalue weighted by molar-refractivity contribution is 0.0503. The van der Waals surface area contributed by atoms with Crippen molar-refractivity contribution < 1.29 is 14.3 Å². The molecule has 0 unspecified atom stereocenters. The molecule has 27 heavy (non-hydrogen) atoms. The van der Waals surface area contributed by atoms with Crippen LogP contribution in [0.3, 0.4) is 0 Å². The van der Waals surface area contributed by atoms with E-state index in [-0.39, 0.29) is 18.6 Å². The van der Waals surface area contributed by atoms with E-state index < -0.39 is 0 Å². The van der Waals surface area contributed by atoms with Crippen molar-refractivity contribution in [3.05, 3.63) is 64.5 Å². The lowest BCUT2D eigenvalue weighted by Gasteiger charge is -2.34. The molecule has 1 saturated heterocycles.